The first-order valence-corrected chi connectivity index (χ1v) is 7.86. The standard InChI is InChI=1S/C17H18N2OS/c1-3-5-13-9-11-19(12(13)2)21-16-7-4-6-15-14(16)8-10-18-17(15)20/h3-8,10H,9,11H2,1-2H3,(H,18,20)/b5-3-. The smallest absolute Gasteiger partial charge is 0.255 e. The quantitative estimate of drug-likeness (QED) is 0.867. The second-order valence-electron chi connectivity index (χ2n) is 5.08. The molecule has 0 fully saturated rings. The van der Waals surface area contributed by atoms with Crippen LogP contribution in [-0.2, 0) is 0 Å². The fourth-order valence-corrected chi connectivity index (χ4v) is 3.73. The van der Waals surface area contributed by atoms with Crippen LogP contribution in [0, 0.1) is 0 Å². The van der Waals surface area contributed by atoms with Crippen molar-refractivity contribution in [2.24, 2.45) is 0 Å². The fourth-order valence-electron chi connectivity index (χ4n) is 2.64. The molecule has 0 unspecified atom stereocenters. The van der Waals surface area contributed by atoms with E-state index in [1.807, 2.05) is 25.1 Å². The van der Waals surface area contributed by atoms with Gasteiger partial charge in [0.1, 0.15) is 0 Å². The van der Waals surface area contributed by atoms with Crippen molar-refractivity contribution in [3.8, 4) is 0 Å². The number of hydrogen-bond acceptors (Lipinski definition) is 3. The fraction of sp³-hybridized carbons (Fsp3) is 0.235. The first kappa shape index (κ1) is 14.0. The van der Waals surface area contributed by atoms with Gasteiger partial charge in [-0.2, -0.15) is 0 Å². The second kappa shape index (κ2) is 5.82. The minimum atomic E-state index is -0.0294. The molecule has 0 saturated heterocycles. The SMILES string of the molecule is C/C=C\C1=C(C)N(Sc2cccc3c(=O)[nH]ccc23)CC1. The summed E-state index contributed by atoms with van der Waals surface area (Å²) in [6.45, 7) is 5.22. The van der Waals surface area contributed by atoms with E-state index in [4.69, 9.17) is 0 Å². The second-order valence-corrected chi connectivity index (χ2v) is 6.14. The van der Waals surface area contributed by atoms with E-state index < -0.39 is 0 Å². The highest BCUT2D eigenvalue weighted by atomic mass is 32.2. The van der Waals surface area contributed by atoms with E-state index in [0.29, 0.717) is 0 Å². The predicted octanol–water partition coefficient (Wildman–Crippen LogP) is 4.09. The van der Waals surface area contributed by atoms with Crippen molar-refractivity contribution in [3.05, 3.63) is 64.2 Å². The van der Waals surface area contributed by atoms with Crippen molar-refractivity contribution in [1.82, 2.24) is 9.29 Å². The maximum absolute atomic E-state index is 11.9. The summed E-state index contributed by atoms with van der Waals surface area (Å²) >= 11 is 1.72. The summed E-state index contributed by atoms with van der Waals surface area (Å²) in [4.78, 5) is 15.7. The molecule has 3 nitrogen and oxygen atoms in total. The number of allylic oxidation sites excluding steroid dienone is 3. The molecular formula is C17H18N2OS. The van der Waals surface area contributed by atoms with Gasteiger partial charge in [-0.25, -0.2) is 0 Å². The lowest BCUT2D eigenvalue weighted by Crippen LogP contribution is -2.09. The molecular weight excluding hydrogens is 280 g/mol. The molecule has 0 spiro atoms. The normalized spacial score (nSPS) is 15.6. The van der Waals surface area contributed by atoms with Crippen LogP contribution in [0.5, 0.6) is 0 Å². The highest BCUT2D eigenvalue weighted by Crippen LogP contribution is 2.36. The van der Waals surface area contributed by atoms with Crippen molar-refractivity contribution in [2.75, 3.05) is 6.54 Å². The Morgan fingerprint density at radius 2 is 2.14 bits per heavy atom. The average Bonchev–Trinajstić information content (AvgIpc) is 2.82. The molecule has 1 aliphatic rings. The number of benzene rings is 1. The Hall–Kier alpha value is -1.94. The van der Waals surface area contributed by atoms with Gasteiger partial charge in [-0.15, -0.1) is 0 Å². The van der Waals surface area contributed by atoms with Gasteiger partial charge in [0.25, 0.3) is 5.56 Å². The Balaban J connectivity index is 1.97. The number of nitrogens with zero attached hydrogens (tertiary/aromatic N) is 1. The van der Waals surface area contributed by atoms with Gasteiger partial charge >= 0.3 is 0 Å². The van der Waals surface area contributed by atoms with E-state index >= 15 is 0 Å². The van der Waals surface area contributed by atoms with Crippen molar-refractivity contribution < 1.29 is 0 Å². The largest absolute Gasteiger partial charge is 0.329 e. The monoisotopic (exact) mass is 298 g/mol. The molecule has 0 amide bonds. The number of H-pyrrole nitrogens is 1. The van der Waals surface area contributed by atoms with Crippen LogP contribution >= 0.6 is 11.9 Å². The van der Waals surface area contributed by atoms with Crippen LogP contribution in [0.1, 0.15) is 20.3 Å². The molecule has 2 aromatic rings. The van der Waals surface area contributed by atoms with Crippen LogP contribution in [0.4, 0.5) is 0 Å². The molecule has 1 aromatic carbocycles. The van der Waals surface area contributed by atoms with Gasteiger partial charge < -0.3 is 9.29 Å². The lowest BCUT2D eigenvalue weighted by Gasteiger charge is -2.19. The molecule has 0 saturated carbocycles. The third-order valence-corrected chi connectivity index (χ3v) is 5.00. The number of hydrogen-bond donors (Lipinski definition) is 1. The third-order valence-electron chi connectivity index (χ3n) is 3.77. The zero-order valence-corrected chi connectivity index (χ0v) is 13.0. The summed E-state index contributed by atoms with van der Waals surface area (Å²) in [6, 6.07) is 7.87. The van der Waals surface area contributed by atoms with Crippen LogP contribution in [0.15, 0.2) is 63.6 Å². The number of fused-ring (bicyclic) bond motifs is 1. The minimum Gasteiger partial charge on any atom is -0.329 e. The minimum absolute atomic E-state index is 0.0294. The van der Waals surface area contributed by atoms with Crippen LogP contribution in [0.25, 0.3) is 10.8 Å². The van der Waals surface area contributed by atoms with Crippen LogP contribution in [0.3, 0.4) is 0 Å². The molecule has 1 aliphatic heterocycles. The van der Waals surface area contributed by atoms with Crippen LogP contribution in [-0.4, -0.2) is 15.8 Å². The maximum Gasteiger partial charge on any atom is 0.255 e. The van der Waals surface area contributed by atoms with E-state index in [0.717, 1.165) is 28.6 Å². The van der Waals surface area contributed by atoms with Crippen molar-refractivity contribution in [3.63, 3.8) is 0 Å². The van der Waals surface area contributed by atoms with E-state index in [1.165, 1.54) is 11.3 Å². The Morgan fingerprint density at radius 3 is 2.95 bits per heavy atom. The molecule has 1 aromatic heterocycles. The summed E-state index contributed by atoms with van der Waals surface area (Å²) in [5, 5.41) is 1.76. The summed E-state index contributed by atoms with van der Waals surface area (Å²) in [6.07, 6.45) is 7.06. The van der Waals surface area contributed by atoms with Gasteiger partial charge in [-0.3, -0.25) is 4.79 Å². The third kappa shape index (κ3) is 2.63. The summed E-state index contributed by atoms with van der Waals surface area (Å²) in [5.41, 5.74) is 2.67. The highest BCUT2D eigenvalue weighted by Gasteiger charge is 2.19. The molecule has 0 aliphatic carbocycles. The highest BCUT2D eigenvalue weighted by molar-refractivity contribution is 7.97. The number of rotatable bonds is 3. The number of aromatic amines is 1. The average molecular weight is 298 g/mol. The Morgan fingerprint density at radius 1 is 1.29 bits per heavy atom. The molecule has 0 radical (unpaired) electrons. The van der Waals surface area contributed by atoms with Gasteiger partial charge in [-0.05, 0) is 56.0 Å². The number of pyridine rings is 1. The number of aromatic nitrogens is 1. The van der Waals surface area contributed by atoms with Crippen LogP contribution < -0.4 is 5.56 Å². The van der Waals surface area contributed by atoms with Gasteiger partial charge in [0.15, 0.2) is 0 Å². The first-order valence-electron chi connectivity index (χ1n) is 7.09. The van der Waals surface area contributed by atoms with Crippen molar-refractivity contribution in [2.45, 2.75) is 25.2 Å². The Labute approximate surface area is 128 Å². The molecule has 0 atom stereocenters. The molecule has 1 N–H and O–H groups in total. The zero-order valence-electron chi connectivity index (χ0n) is 12.2. The Kier molecular flexibility index (Phi) is 3.88. The molecule has 108 valence electrons. The summed E-state index contributed by atoms with van der Waals surface area (Å²) in [7, 11) is 0. The summed E-state index contributed by atoms with van der Waals surface area (Å²) < 4.78 is 2.31. The summed E-state index contributed by atoms with van der Waals surface area (Å²) in [5.74, 6) is 0. The van der Waals surface area contributed by atoms with Gasteiger partial charge in [0.2, 0.25) is 0 Å². The first-order chi connectivity index (χ1) is 10.2. The lowest BCUT2D eigenvalue weighted by atomic mass is 10.2. The zero-order chi connectivity index (χ0) is 14.8. The molecule has 2 heterocycles. The van der Waals surface area contributed by atoms with E-state index in [9.17, 15) is 4.79 Å². The topological polar surface area (TPSA) is 36.1 Å². The molecule has 4 heteroatoms. The van der Waals surface area contributed by atoms with Crippen LogP contribution in [0.2, 0.25) is 0 Å². The van der Waals surface area contributed by atoms with Gasteiger partial charge in [-0.1, -0.05) is 18.2 Å². The maximum atomic E-state index is 11.9. The van der Waals surface area contributed by atoms with E-state index in [1.54, 1.807) is 18.1 Å². The van der Waals surface area contributed by atoms with Gasteiger partial charge in [0.05, 0.1) is 0 Å². The Bertz CT molecular complexity index is 789. The van der Waals surface area contributed by atoms with E-state index in [2.05, 4.69) is 34.4 Å². The van der Waals surface area contributed by atoms with Crippen molar-refractivity contribution >= 4 is 22.7 Å². The predicted molar refractivity (Wildman–Crippen MR) is 89.3 cm³/mol. The molecule has 0 bridgehead atoms. The number of nitrogens with one attached hydrogen (secondary N) is 1. The lowest BCUT2D eigenvalue weighted by molar-refractivity contribution is 0.628. The molecule has 3 rings (SSSR count). The van der Waals surface area contributed by atoms with Gasteiger partial charge in [0, 0.05) is 34.1 Å². The molecule has 21 heavy (non-hydrogen) atoms. The van der Waals surface area contributed by atoms with E-state index in [-0.39, 0.29) is 5.56 Å². The van der Waals surface area contributed by atoms with Crippen molar-refractivity contribution in [1.29, 1.82) is 0 Å².